The first-order valence-electron chi connectivity index (χ1n) is 7.71. The van der Waals surface area contributed by atoms with E-state index in [4.69, 9.17) is 10.3 Å². The molecule has 0 bridgehead atoms. The highest BCUT2D eigenvalue weighted by Gasteiger charge is 2.35. The first kappa shape index (κ1) is 18.6. The average Bonchev–Trinajstić information content (AvgIpc) is 3.16. The topological polar surface area (TPSA) is 74.2 Å². The molecule has 132 valence electrons. The van der Waals surface area contributed by atoms with Gasteiger partial charge in [-0.25, -0.2) is 0 Å². The molecule has 0 atom stereocenters. The van der Waals surface area contributed by atoms with Crippen LogP contribution in [0.4, 0.5) is 8.78 Å². The number of aromatic nitrogens is 2. The molecular formula is C16H20ClF2N3O2. The van der Waals surface area contributed by atoms with Gasteiger partial charge in [-0.15, -0.1) is 12.4 Å². The van der Waals surface area contributed by atoms with E-state index >= 15 is 0 Å². The van der Waals surface area contributed by atoms with Crippen LogP contribution in [-0.2, 0) is 18.4 Å². The standard InChI is InChI=1S/C16H19F2N3O2.ClH/c17-15(18)22-12-6-3-11(4-7-12)5-8-13-20-14(21-23-13)16(19)9-1-2-10-16;/h3-4,6-7,15H,1-2,5,8-10,19H2;1H. The number of benzene rings is 1. The molecule has 0 amide bonds. The fourth-order valence-corrected chi connectivity index (χ4v) is 2.88. The molecule has 1 aliphatic rings. The van der Waals surface area contributed by atoms with Crippen molar-refractivity contribution in [1.82, 2.24) is 10.1 Å². The summed E-state index contributed by atoms with van der Waals surface area (Å²) < 4.78 is 33.8. The van der Waals surface area contributed by atoms with Gasteiger partial charge < -0.3 is 15.0 Å². The molecular weight excluding hydrogens is 340 g/mol. The second-order valence-electron chi connectivity index (χ2n) is 5.90. The fraction of sp³-hybridized carbons (Fsp3) is 0.500. The number of halogens is 3. The van der Waals surface area contributed by atoms with Crippen LogP contribution in [0.2, 0.25) is 0 Å². The lowest BCUT2D eigenvalue weighted by molar-refractivity contribution is -0.0498. The number of nitrogens with zero attached hydrogens (tertiary/aromatic N) is 2. The molecule has 1 aromatic heterocycles. The van der Waals surface area contributed by atoms with Gasteiger partial charge in [0.25, 0.3) is 0 Å². The van der Waals surface area contributed by atoms with Gasteiger partial charge in [0.2, 0.25) is 5.89 Å². The van der Waals surface area contributed by atoms with Gasteiger partial charge in [-0.3, -0.25) is 0 Å². The molecule has 1 aliphatic carbocycles. The summed E-state index contributed by atoms with van der Waals surface area (Å²) in [6, 6.07) is 6.54. The Kier molecular flexibility index (Phi) is 6.12. The number of alkyl halides is 2. The van der Waals surface area contributed by atoms with E-state index in [-0.39, 0.29) is 18.2 Å². The molecule has 1 heterocycles. The molecule has 8 heteroatoms. The van der Waals surface area contributed by atoms with E-state index in [9.17, 15) is 8.78 Å². The minimum atomic E-state index is -2.81. The normalized spacial score (nSPS) is 16.2. The Hall–Kier alpha value is -1.73. The van der Waals surface area contributed by atoms with E-state index < -0.39 is 12.2 Å². The number of rotatable bonds is 6. The quantitative estimate of drug-likeness (QED) is 0.852. The minimum Gasteiger partial charge on any atom is -0.435 e. The number of nitrogens with two attached hydrogens (primary N) is 1. The van der Waals surface area contributed by atoms with Crippen molar-refractivity contribution in [3.05, 3.63) is 41.5 Å². The second-order valence-corrected chi connectivity index (χ2v) is 5.90. The molecule has 0 unspecified atom stereocenters. The Labute approximate surface area is 145 Å². The van der Waals surface area contributed by atoms with Gasteiger partial charge >= 0.3 is 6.61 Å². The lowest BCUT2D eigenvalue weighted by atomic mass is 9.99. The maximum Gasteiger partial charge on any atom is 0.387 e. The molecule has 24 heavy (non-hydrogen) atoms. The summed E-state index contributed by atoms with van der Waals surface area (Å²) in [7, 11) is 0. The SMILES string of the molecule is Cl.NC1(c2noc(CCc3ccc(OC(F)F)cc3)n2)CCCC1. The molecule has 0 aliphatic heterocycles. The van der Waals surface area contributed by atoms with Crippen LogP contribution < -0.4 is 10.5 Å². The average molecular weight is 360 g/mol. The Balaban J connectivity index is 0.00000208. The van der Waals surface area contributed by atoms with Crippen LogP contribution in [0.1, 0.15) is 43.0 Å². The highest BCUT2D eigenvalue weighted by Crippen LogP contribution is 2.34. The molecule has 1 saturated carbocycles. The van der Waals surface area contributed by atoms with Crippen molar-refractivity contribution in [2.45, 2.75) is 50.7 Å². The molecule has 1 fully saturated rings. The van der Waals surface area contributed by atoms with Crippen LogP contribution in [0, 0.1) is 0 Å². The van der Waals surface area contributed by atoms with Crippen molar-refractivity contribution in [2.75, 3.05) is 0 Å². The number of aryl methyl sites for hydroxylation is 2. The largest absolute Gasteiger partial charge is 0.435 e. The third-order valence-electron chi connectivity index (χ3n) is 4.19. The predicted molar refractivity (Wildman–Crippen MR) is 86.4 cm³/mol. The Morgan fingerprint density at radius 3 is 2.46 bits per heavy atom. The van der Waals surface area contributed by atoms with Crippen molar-refractivity contribution in [3.8, 4) is 5.75 Å². The van der Waals surface area contributed by atoms with E-state index in [1.807, 2.05) is 0 Å². The zero-order chi connectivity index (χ0) is 16.3. The summed E-state index contributed by atoms with van der Waals surface area (Å²) >= 11 is 0. The van der Waals surface area contributed by atoms with E-state index in [1.54, 1.807) is 12.1 Å². The summed E-state index contributed by atoms with van der Waals surface area (Å²) in [5.41, 5.74) is 6.83. The molecule has 2 aromatic rings. The molecule has 3 rings (SSSR count). The summed E-state index contributed by atoms with van der Waals surface area (Å²) in [4.78, 5) is 4.41. The molecule has 5 nitrogen and oxygen atoms in total. The second kappa shape index (κ2) is 7.90. The summed E-state index contributed by atoms with van der Waals surface area (Å²) in [6.07, 6.45) is 5.21. The molecule has 0 saturated heterocycles. The number of hydrogen-bond donors (Lipinski definition) is 1. The van der Waals surface area contributed by atoms with Crippen molar-refractivity contribution in [1.29, 1.82) is 0 Å². The van der Waals surface area contributed by atoms with Crippen molar-refractivity contribution in [2.24, 2.45) is 5.73 Å². The van der Waals surface area contributed by atoms with E-state index in [0.717, 1.165) is 31.2 Å². The Bertz CT molecular complexity index is 643. The lowest BCUT2D eigenvalue weighted by Crippen LogP contribution is -2.34. The Morgan fingerprint density at radius 1 is 1.17 bits per heavy atom. The smallest absolute Gasteiger partial charge is 0.387 e. The zero-order valence-electron chi connectivity index (χ0n) is 13.1. The fourth-order valence-electron chi connectivity index (χ4n) is 2.88. The van der Waals surface area contributed by atoms with Crippen LogP contribution >= 0.6 is 12.4 Å². The predicted octanol–water partition coefficient (Wildman–Crippen LogP) is 3.61. The van der Waals surface area contributed by atoms with Crippen LogP contribution in [-0.4, -0.2) is 16.8 Å². The van der Waals surface area contributed by atoms with E-state index in [2.05, 4.69) is 14.9 Å². The van der Waals surface area contributed by atoms with Gasteiger partial charge in [-0.1, -0.05) is 30.1 Å². The lowest BCUT2D eigenvalue weighted by Gasteiger charge is -2.17. The third kappa shape index (κ3) is 4.42. The monoisotopic (exact) mass is 359 g/mol. The summed E-state index contributed by atoms with van der Waals surface area (Å²) in [5, 5.41) is 4.01. The molecule has 2 N–H and O–H groups in total. The minimum absolute atomic E-state index is 0. The maximum atomic E-state index is 12.1. The summed E-state index contributed by atoms with van der Waals surface area (Å²) in [5.74, 6) is 1.28. The summed E-state index contributed by atoms with van der Waals surface area (Å²) in [6.45, 7) is -2.81. The van der Waals surface area contributed by atoms with Crippen LogP contribution in [0.25, 0.3) is 0 Å². The van der Waals surface area contributed by atoms with Gasteiger partial charge in [0.05, 0.1) is 5.54 Å². The highest BCUT2D eigenvalue weighted by molar-refractivity contribution is 5.85. The van der Waals surface area contributed by atoms with E-state index in [1.165, 1.54) is 12.1 Å². The highest BCUT2D eigenvalue weighted by atomic mass is 35.5. The van der Waals surface area contributed by atoms with Crippen molar-refractivity contribution in [3.63, 3.8) is 0 Å². The number of hydrogen-bond acceptors (Lipinski definition) is 5. The van der Waals surface area contributed by atoms with Gasteiger partial charge in [0.1, 0.15) is 5.75 Å². The van der Waals surface area contributed by atoms with Gasteiger partial charge in [-0.2, -0.15) is 13.8 Å². The van der Waals surface area contributed by atoms with E-state index in [0.29, 0.717) is 24.6 Å². The zero-order valence-corrected chi connectivity index (χ0v) is 13.9. The molecule has 1 aromatic carbocycles. The van der Waals surface area contributed by atoms with Gasteiger partial charge in [-0.05, 0) is 37.0 Å². The van der Waals surface area contributed by atoms with Gasteiger partial charge in [0, 0.05) is 6.42 Å². The van der Waals surface area contributed by atoms with Crippen LogP contribution in [0.3, 0.4) is 0 Å². The first-order chi connectivity index (χ1) is 11.0. The Morgan fingerprint density at radius 2 is 1.83 bits per heavy atom. The molecule has 0 radical (unpaired) electrons. The van der Waals surface area contributed by atoms with Crippen molar-refractivity contribution >= 4 is 12.4 Å². The number of ether oxygens (including phenoxy) is 1. The third-order valence-corrected chi connectivity index (χ3v) is 4.19. The molecule has 0 spiro atoms. The first-order valence-corrected chi connectivity index (χ1v) is 7.71. The maximum absolute atomic E-state index is 12.1. The van der Waals surface area contributed by atoms with Crippen molar-refractivity contribution < 1.29 is 18.0 Å². The van der Waals surface area contributed by atoms with Crippen LogP contribution in [0.5, 0.6) is 5.75 Å². The van der Waals surface area contributed by atoms with Crippen LogP contribution in [0.15, 0.2) is 28.8 Å². The van der Waals surface area contributed by atoms with Gasteiger partial charge in [0.15, 0.2) is 5.82 Å².